The molecule has 1 saturated carbocycles. The maximum absolute atomic E-state index is 13.9. The maximum atomic E-state index is 13.9. The van der Waals surface area contributed by atoms with Gasteiger partial charge in [0.25, 0.3) is 5.91 Å². The van der Waals surface area contributed by atoms with Crippen LogP contribution in [-0.2, 0) is 11.3 Å². The first-order valence-electron chi connectivity index (χ1n) is 12.9. The van der Waals surface area contributed by atoms with Crippen LogP contribution in [0.15, 0.2) is 66.2 Å². The van der Waals surface area contributed by atoms with Gasteiger partial charge in [-0.25, -0.2) is 0 Å². The fraction of sp³-hybridized carbons (Fsp3) is 0.300. The van der Waals surface area contributed by atoms with Crippen molar-refractivity contribution < 1.29 is 14.3 Å². The largest absolute Gasteiger partial charge is 0.490 e. The molecule has 5 nitrogen and oxygen atoms in total. The van der Waals surface area contributed by atoms with Gasteiger partial charge in [-0.15, -0.1) is 0 Å². The molecule has 3 aromatic carbocycles. The number of halogens is 4. The predicted molar refractivity (Wildman–Crippen MR) is 158 cm³/mol. The van der Waals surface area contributed by atoms with Gasteiger partial charge in [-0.1, -0.05) is 76.7 Å². The number of amides is 1. The number of ether oxygens (including phenoxy) is 2. The Balaban J connectivity index is 1.26. The molecule has 2 aliphatic rings. The Morgan fingerprint density at radius 3 is 2.31 bits per heavy atom. The standard InChI is InChI=1S/C30H28Cl4N2O3/c31-25-4-1-3-20(28(25)33)18-36(21-9-10-21)30(37)24-17-35-14-13-23(24)19-7-11-22(12-8-19)38-15-16-39-27-6-2-5-26(32)29(27)34/h1-8,11-12,21,35H,9-10,13-18H2. The van der Waals surface area contributed by atoms with Crippen molar-refractivity contribution in [3.63, 3.8) is 0 Å². The lowest BCUT2D eigenvalue weighted by atomic mass is 9.93. The summed E-state index contributed by atoms with van der Waals surface area (Å²) < 4.78 is 11.5. The molecule has 1 aliphatic heterocycles. The molecule has 204 valence electrons. The molecule has 0 aromatic heterocycles. The molecule has 0 radical (unpaired) electrons. The van der Waals surface area contributed by atoms with E-state index in [0.717, 1.165) is 53.8 Å². The average Bonchev–Trinajstić information content (AvgIpc) is 3.79. The molecule has 0 spiro atoms. The lowest BCUT2D eigenvalue weighted by Gasteiger charge is -2.28. The van der Waals surface area contributed by atoms with Crippen molar-refractivity contribution >= 4 is 57.9 Å². The molecule has 1 fully saturated rings. The molecule has 1 heterocycles. The molecular formula is C30H28Cl4N2O3. The van der Waals surface area contributed by atoms with Crippen LogP contribution in [0.1, 0.15) is 30.4 Å². The number of hydrogen-bond donors (Lipinski definition) is 1. The Hall–Kier alpha value is -2.41. The summed E-state index contributed by atoms with van der Waals surface area (Å²) >= 11 is 24.9. The molecule has 1 amide bonds. The van der Waals surface area contributed by atoms with Crippen molar-refractivity contribution in [1.29, 1.82) is 0 Å². The van der Waals surface area contributed by atoms with Crippen LogP contribution in [0.3, 0.4) is 0 Å². The van der Waals surface area contributed by atoms with Crippen molar-refractivity contribution in [2.75, 3.05) is 26.3 Å². The van der Waals surface area contributed by atoms with Crippen molar-refractivity contribution in [3.05, 3.63) is 97.5 Å². The van der Waals surface area contributed by atoms with Gasteiger partial charge in [0.15, 0.2) is 0 Å². The maximum Gasteiger partial charge on any atom is 0.251 e. The summed E-state index contributed by atoms with van der Waals surface area (Å²) in [6.07, 6.45) is 2.77. The minimum Gasteiger partial charge on any atom is -0.490 e. The number of hydrogen-bond acceptors (Lipinski definition) is 4. The summed E-state index contributed by atoms with van der Waals surface area (Å²) in [5, 5.41) is 5.21. The van der Waals surface area contributed by atoms with Gasteiger partial charge in [-0.3, -0.25) is 4.79 Å². The van der Waals surface area contributed by atoms with Gasteiger partial charge in [0, 0.05) is 24.7 Å². The van der Waals surface area contributed by atoms with Crippen LogP contribution in [0, 0.1) is 0 Å². The fourth-order valence-corrected chi connectivity index (χ4v) is 5.37. The molecule has 1 N–H and O–H groups in total. The van der Waals surface area contributed by atoms with Gasteiger partial charge < -0.3 is 19.7 Å². The summed E-state index contributed by atoms with van der Waals surface area (Å²) in [6.45, 7) is 2.46. The zero-order valence-corrected chi connectivity index (χ0v) is 24.2. The van der Waals surface area contributed by atoms with E-state index in [-0.39, 0.29) is 11.9 Å². The van der Waals surface area contributed by atoms with E-state index >= 15 is 0 Å². The van der Waals surface area contributed by atoms with Crippen LogP contribution >= 0.6 is 46.4 Å². The van der Waals surface area contributed by atoms with Crippen LogP contribution in [0.5, 0.6) is 11.5 Å². The third-order valence-corrected chi connectivity index (χ3v) is 8.48. The predicted octanol–water partition coefficient (Wildman–Crippen LogP) is 7.70. The Morgan fingerprint density at radius 2 is 1.56 bits per heavy atom. The van der Waals surface area contributed by atoms with E-state index in [9.17, 15) is 4.79 Å². The molecule has 0 atom stereocenters. The second-order valence-electron chi connectivity index (χ2n) is 9.53. The monoisotopic (exact) mass is 604 g/mol. The molecule has 39 heavy (non-hydrogen) atoms. The number of carbonyl (C=O) groups is 1. The first-order chi connectivity index (χ1) is 18.9. The third kappa shape index (κ3) is 6.85. The van der Waals surface area contributed by atoms with E-state index in [4.69, 9.17) is 55.9 Å². The number of rotatable bonds is 10. The number of nitrogens with one attached hydrogen (secondary N) is 1. The zero-order chi connectivity index (χ0) is 27.4. The van der Waals surface area contributed by atoms with Crippen LogP contribution < -0.4 is 14.8 Å². The third-order valence-electron chi connectivity index (χ3n) is 6.83. The summed E-state index contributed by atoms with van der Waals surface area (Å²) in [5.41, 5.74) is 3.74. The van der Waals surface area contributed by atoms with Crippen molar-refractivity contribution in [2.24, 2.45) is 0 Å². The van der Waals surface area contributed by atoms with E-state index in [1.165, 1.54) is 0 Å². The molecular weight excluding hydrogens is 578 g/mol. The van der Waals surface area contributed by atoms with E-state index in [2.05, 4.69) is 5.32 Å². The Kier molecular flexibility index (Phi) is 9.26. The summed E-state index contributed by atoms with van der Waals surface area (Å²) in [6, 6.07) is 18.9. The molecule has 0 unspecified atom stereocenters. The average molecular weight is 606 g/mol. The highest BCUT2D eigenvalue weighted by atomic mass is 35.5. The normalized spacial score (nSPS) is 15.3. The fourth-order valence-electron chi connectivity index (χ4n) is 4.65. The molecule has 5 rings (SSSR count). The number of carbonyl (C=O) groups excluding carboxylic acids is 1. The molecule has 0 bridgehead atoms. The summed E-state index contributed by atoms with van der Waals surface area (Å²) in [5.74, 6) is 1.29. The van der Waals surface area contributed by atoms with Crippen molar-refractivity contribution in [1.82, 2.24) is 10.2 Å². The van der Waals surface area contributed by atoms with Crippen molar-refractivity contribution in [2.45, 2.75) is 31.8 Å². The number of benzene rings is 3. The van der Waals surface area contributed by atoms with Gasteiger partial charge in [0.1, 0.15) is 29.7 Å². The van der Waals surface area contributed by atoms with Gasteiger partial charge in [-0.2, -0.15) is 0 Å². The molecule has 1 aliphatic carbocycles. The van der Waals surface area contributed by atoms with Gasteiger partial charge in [0.05, 0.1) is 15.1 Å². The lowest BCUT2D eigenvalue weighted by molar-refractivity contribution is -0.128. The first kappa shape index (κ1) is 28.1. The van der Waals surface area contributed by atoms with E-state index in [0.29, 0.717) is 52.1 Å². The van der Waals surface area contributed by atoms with E-state index < -0.39 is 0 Å². The van der Waals surface area contributed by atoms with Crippen LogP contribution in [0.2, 0.25) is 20.1 Å². The SMILES string of the molecule is O=C(C1=C(c2ccc(OCCOc3cccc(Cl)c3Cl)cc2)CCNC1)N(Cc1cccc(Cl)c1Cl)C1CC1. The van der Waals surface area contributed by atoms with Gasteiger partial charge >= 0.3 is 0 Å². The quantitative estimate of drug-likeness (QED) is 0.241. The Morgan fingerprint density at radius 1 is 0.872 bits per heavy atom. The Bertz CT molecular complexity index is 1370. The zero-order valence-electron chi connectivity index (χ0n) is 21.2. The van der Waals surface area contributed by atoms with Gasteiger partial charge in [-0.05, 0) is 72.8 Å². The highest BCUT2D eigenvalue weighted by Gasteiger charge is 2.35. The van der Waals surface area contributed by atoms with Crippen LogP contribution in [0.4, 0.5) is 0 Å². The van der Waals surface area contributed by atoms with Crippen LogP contribution in [0.25, 0.3) is 5.57 Å². The second-order valence-corrected chi connectivity index (χ2v) is 11.1. The minimum atomic E-state index is 0.0490. The van der Waals surface area contributed by atoms with Crippen LogP contribution in [-0.4, -0.2) is 43.2 Å². The topological polar surface area (TPSA) is 50.8 Å². The molecule has 3 aromatic rings. The highest BCUT2D eigenvalue weighted by Crippen LogP contribution is 2.35. The van der Waals surface area contributed by atoms with E-state index in [1.807, 2.05) is 41.3 Å². The molecule has 0 saturated heterocycles. The minimum absolute atomic E-state index is 0.0490. The summed E-state index contributed by atoms with van der Waals surface area (Å²) in [4.78, 5) is 15.8. The van der Waals surface area contributed by atoms with Crippen molar-refractivity contribution in [3.8, 4) is 11.5 Å². The lowest BCUT2D eigenvalue weighted by Crippen LogP contribution is -2.39. The summed E-state index contributed by atoms with van der Waals surface area (Å²) in [7, 11) is 0. The second kappa shape index (κ2) is 12.8. The molecule has 9 heteroatoms. The smallest absolute Gasteiger partial charge is 0.251 e. The van der Waals surface area contributed by atoms with E-state index in [1.54, 1.807) is 24.3 Å². The first-order valence-corrected chi connectivity index (χ1v) is 14.4. The highest BCUT2D eigenvalue weighted by molar-refractivity contribution is 6.43. The van der Waals surface area contributed by atoms with Gasteiger partial charge in [0.2, 0.25) is 0 Å². The number of nitrogens with zero attached hydrogens (tertiary/aromatic N) is 1. The Labute approximate surface area is 248 Å².